The highest BCUT2D eigenvalue weighted by Crippen LogP contribution is 2.21. The Morgan fingerprint density at radius 1 is 1.25 bits per heavy atom. The molecular formula is C15H27N3O2. The fraction of sp³-hybridized carbons (Fsp3) is 0.867. The lowest BCUT2D eigenvalue weighted by Crippen LogP contribution is -2.44. The highest BCUT2D eigenvalue weighted by molar-refractivity contribution is 5.80. The molecule has 0 aromatic heterocycles. The van der Waals surface area contributed by atoms with E-state index in [1.54, 1.807) is 0 Å². The number of carbonyl (C=O) groups excluding carboxylic acids is 2. The first-order valence-electron chi connectivity index (χ1n) is 7.97. The van der Waals surface area contributed by atoms with Crippen LogP contribution in [0.4, 0.5) is 0 Å². The minimum absolute atomic E-state index is 0.0929. The molecule has 0 aromatic carbocycles. The van der Waals surface area contributed by atoms with E-state index in [-0.39, 0.29) is 17.7 Å². The third-order valence-corrected chi connectivity index (χ3v) is 4.43. The Morgan fingerprint density at radius 3 is 2.60 bits per heavy atom. The third kappa shape index (κ3) is 4.20. The van der Waals surface area contributed by atoms with Crippen molar-refractivity contribution in [1.82, 2.24) is 15.5 Å². The first kappa shape index (κ1) is 15.3. The fourth-order valence-corrected chi connectivity index (χ4v) is 3.18. The summed E-state index contributed by atoms with van der Waals surface area (Å²) in [7, 11) is 0. The molecule has 1 atom stereocenters. The van der Waals surface area contributed by atoms with Gasteiger partial charge in [0.05, 0.1) is 0 Å². The Hall–Kier alpha value is -1.10. The maximum atomic E-state index is 12.3. The molecule has 0 bridgehead atoms. The predicted molar refractivity (Wildman–Crippen MR) is 78.2 cm³/mol. The third-order valence-electron chi connectivity index (χ3n) is 4.43. The monoisotopic (exact) mass is 281 g/mol. The smallest absolute Gasteiger partial charge is 0.223 e. The van der Waals surface area contributed by atoms with Crippen molar-refractivity contribution in [2.24, 2.45) is 11.8 Å². The van der Waals surface area contributed by atoms with Gasteiger partial charge < -0.3 is 15.5 Å². The molecule has 2 amide bonds. The number of hydrogen-bond acceptors (Lipinski definition) is 3. The molecule has 20 heavy (non-hydrogen) atoms. The summed E-state index contributed by atoms with van der Waals surface area (Å²) in [4.78, 5) is 26.0. The van der Waals surface area contributed by atoms with Crippen LogP contribution in [0.25, 0.3) is 0 Å². The van der Waals surface area contributed by atoms with Crippen molar-refractivity contribution in [2.75, 3.05) is 32.7 Å². The van der Waals surface area contributed by atoms with Crippen molar-refractivity contribution < 1.29 is 9.59 Å². The Morgan fingerprint density at radius 2 is 2.00 bits per heavy atom. The standard InChI is InChI=1S/C15H27N3O2/c1-2-17-15(20)13-5-8-18(9-6-13)14(19)10-12-4-3-7-16-11-12/h12-13,16H,2-11H2,1H3,(H,17,20). The van der Waals surface area contributed by atoms with Gasteiger partial charge in [-0.25, -0.2) is 0 Å². The van der Waals surface area contributed by atoms with Crippen LogP contribution in [0.5, 0.6) is 0 Å². The van der Waals surface area contributed by atoms with E-state index in [9.17, 15) is 9.59 Å². The Balaban J connectivity index is 1.72. The molecule has 1 unspecified atom stereocenters. The number of piperidine rings is 2. The molecule has 2 rings (SSSR count). The zero-order valence-corrected chi connectivity index (χ0v) is 12.5. The summed E-state index contributed by atoms with van der Waals surface area (Å²) >= 11 is 0. The van der Waals surface area contributed by atoms with Crippen LogP contribution in [-0.4, -0.2) is 49.4 Å². The van der Waals surface area contributed by atoms with Crippen molar-refractivity contribution in [3.63, 3.8) is 0 Å². The highest BCUT2D eigenvalue weighted by Gasteiger charge is 2.28. The van der Waals surface area contributed by atoms with Crippen molar-refractivity contribution >= 4 is 11.8 Å². The van der Waals surface area contributed by atoms with Gasteiger partial charge in [0.15, 0.2) is 0 Å². The van der Waals surface area contributed by atoms with E-state index >= 15 is 0 Å². The van der Waals surface area contributed by atoms with Crippen LogP contribution < -0.4 is 10.6 Å². The molecule has 2 heterocycles. The van der Waals surface area contributed by atoms with Crippen LogP contribution >= 0.6 is 0 Å². The number of nitrogens with one attached hydrogen (secondary N) is 2. The average Bonchev–Trinajstić information content (AvgIpc) is 2.48. The SMILES string of the molecule is CCNC(=O)C1CCN(C(=O)CC2CCCNC2)CC1. The molecule has 5 nitrogen and oxygen atoms in total. The number of rotatable bonds is 4. The lowest BCUT2D eigenvalue weighted by Gasteiger charge is -2.33. The lowest BCUT2D eigenvalue weighted by atomic mass is 9.93. The lowest BCUT2D eigenvalue weighted by molar-refractivity contribution is -0.136. The molecule has 0 saturated carbocycles. The molecule has 0 spiro atoms. The molecule has 0 aromatic rings. The van der Waals surface area contributed by atoms with Crippen LogP contribution in [0.2, 0.25) is 0 Å². The summed E-state index contributed by atoms with van der Waals surface area (Å²) in [5.41, 5.74) is 0. The Labute approximate surface area is 121 Å². The Bertz CT molecular complexity index is 332. The van der Waals surface area contributed by atoms with Gasteiger partial charge in [0.1, 0.15) is 0 Å². The maximum Gasteiger partial charge on any atom is 0.223 e. The Kier molecular flexibility index (Phi) is 5.83. The number of nitrogens with zero attached hydrogens (tertiary/aromatic N) is 1. The molecule has 2 saturated heterocycles. The zero-order valence-electron chi connectivity index (χ0n) is 12.5. The number of carbonyl (C=O) groups is 2. The maximum absolute atomic E-state index is 12.3. The number of hydrogen-bond donors (Lipinski definition) is 2. The van der Waals surface area contributed by atoms with Crippen molar-refractivity contribution in [1.29, 1.82) is 0 Å². The van der Waals surface area contributed by atoms with Crippen molar-refractivity contribution in [3.05, 3.63) is 0 Å². The second-order valence-corrected chi connectivity index (χ2v) is 5.97. The second-order valence-electron chi connectivity index (χ2n) is 5.97. The van der Waals surface area contributed by atoms with Gasteiger partial charge in [-0.3, -0.25) is 9.59 Å². The van der Waals surface area contributed by atoms with Crippen LogP contribution in [-0.2, 0) is 9.59 Å². The minimum Gasteiger partial charge on any atom is -0.356 e. The van der Waals surface area contributed by atoms with Gasteiger partial charge in [0, 0.05) is 32.0 Å². The summed E-state index contributed by atoms with van der Waals surface area (Å²) < 4.78 is 0. The fourth-order valence-electron chi connectivity index (χ4n) is 3.18. The van der Waals surface area contributed by atoms with E-state index in [2.05, 4.69) is 10.6 Å². The molecule has 114 valence electrons. The summed E-state index contributed by atoms with van der Waals surface area (Å²) in [6.45, 7) is 6.16. The van der Waals surface area contributed by atoms with Gasteiger partial charge in [-0.1, -0.05) is 0 Å². The molecule has 5 heteroatoms. The van der Waals surface area contributed by atoms with E-state index in [1.807, 2.05) is 11.8 Å². The molecule has 2 aliphatic heterocycles. The molecule has 2 fully saturated rings. The molecule has 2 aliphatic rings. The zero-order chi connectivity index (χ0) is 14.4. The average molecular weight is 281 g/mol. The number of amides is 2. The van der Waals surface area contributed by atoms with Crippen molar-refractivity contribution in [3.8, 4) is 0 Å². The van der Waals surface area contributed by atoms with E-state index in [1.165, 1.54) is 6.42 Å². The molecule has 0 radical (unpaired) electrons. The highest BCUT2D eigenvalue weighted by atomic mass is 16.2. The normalized spacial score (nSPS) is 24.4. The first-order valence-corrected chi connectivity index (χ1v) is 7.97. The summed E-state index contributed by atoms with van der Waals surface area (Å²) in [5, 5.41) is 6.23. The van der Waals surface area contributed by atoms with Crippen LogP contribution in [0.3, 0.4) is 0 Å². The van der Waals surface area contributed by atoms with Gasteiger partial charge in [-0.15, -0.1) is 0 Å². The first-order chi connectivity index (χ1) is 9.70. The van der Waals surface area contributed by atoms with E-state index in [0.29, 0.717) is 18.9 Å². The second kappa shape index (κ2) is 7.62. The molecule has 0 aliphatic carbocycles. The van der Waals surface area contributed by atoms with Gasteiger partial charge in [0.25, 0.3) is 0 Å². The van der Waals surface area contributed by atoms with Gasteiger partial charge >= 0.3 is 0 Å². The minimum atomic E-state index is 0.0929. The van der Waals surface area contributed by atoms with Gasteiger partial charge in [-0.2, -0.15) is 0 Å². The topological polar surface area (TPSA) is 61.4 Å². The quantitative estimate of drug-likeness (QED) is 0.799. The predicted octanol–water partition coefficient (Wildman–Crippen LogP) is 0.751. The summed E-state index contributed by atoms with van der Waals surface area (Å²) in [5.74, 6) is 1.01. The van der Waals surface area contributed by atoms with Gasteiger partial charge in [-0.05, 0) is 51.6 Å². The molecular weight excluding hydrogens is 254 g/mol. The van der Waals surface area contributed by atoms with E-state index in [0.717, 1.165) is 45.4 Å². The van der Waals surface area contributed by atoms with Crippen LogP contribution in [0, 0.1) is 11.8 Å². The van der Waals surface area contributed by atoms with Crippen LogP contribution in [0.1, 0.15) is 39.0 Å². The molecule has 2 N–H and O–H groups in total. The van der Waals surface area contributed by atoms with Crippen molar-refractivity contribution in [2.45, 2.75) is 39.0 Å². The largest absolute Gasteiger partial charge is 0.356 e. The summed E-state index contributed by atoms with van der Waals surface area (Å²) in [6.07, 6.45) is 4.62. The van der Waals surface area contributed by atoms with Gasteiger partial charge in [0.2, 0.25) is 11.8 Å². The van der Waals surface area contributed by atoms with E-state index < -0.39 is 0 Å². The number of likely N-dealkylation sites (tertiary alicyclic amines) is 1. The van der Waals surface area contributed by atoms with E-state index in [4.69, 9.17) is 0 Å². The van der Waals surface area contributed by atoms with Crippen LogP contribution in [0.15, 0.2) is 0 Å². The summed E-state index contributed by atoms with van der Waals surface area (Å²) in [6, 6.07) is 0.